The van der Waals surface area contributed by atoms with Crippen molar-refractivity contribution < 1.29 is 0 Å². The molecule has 3 heteroatoms. The van der Waals surface area contributed by atoms with Crippen LogP contribution in [0.5, 0.6) is 0 Å². The number of rotatable bonds is 1. The zero-order chi connectivity index (χ0) is 12.5. The van der Waals surface area contributed by atoms with Crippen molar-refractivity contribution in [1.82, 2.24) is 9.97 Å². The van der Waals surface area contributed by atoms with Crippen molar-refractivity contribution in [2.75, 3.05) is 0 Å². The van der Waals surface area contributed by atoms with Gasteiger partial charge in [0.1, 0.15) is 5.82 Å². The maximum atomic E-state index is 8.88. The Morgan fingerprint density at radius 1 is 1.17 bits per heavy atom. The summed E-state index contributed by atoms with van der Waals surface area (Å²) in [5, 5.41) is 8.88. The van der Waals surface area contributed by atoms with Crippen LogP contribution in [-0.2, 0) is 0 Å². The molecular weight excluding hydrogens is 222 g/mol. The topological polar surface area (TPSA) is 52.5 Å². The minimum atomic E-state index is 0.641. The summed E-state index contributed by atoms with van der Waals surface area (Å²) in [6, 6.07) is 15.7. The van der Waals surface area contributed by atoms with Gasteiger partial charge in [0, 0.05) is 5.56 Å². The summed E-state index contributed by atoms with van der Waals surface area (Å²) in [5.74, 6) is 0.846. The van der Waals surface area contributed by atoms with Gasteiger partial charge in [-0.05, 0) is 30.7 Å². The Bertz CT molecular complexity index is 763. The summed E-state index contributed by atoms with van der Waals surface area (Å²) in [6.07, 6.45) is 0. The molecule has 3 rings (SSSR count). The highest BCUT2D eigenvalue weighted by atomic mass is 14.9. The number of benzene rings is 2. The first-order valence-corrected chi connectivity index (χ1v) is 5.74. The fourth-order valence-electron chi connectivity index (χ4n) is 2.05. The molecule has 0 bridgehead atoms. The van der Waals surface area contributed by atoms with Crippen LogP contribution in [0.3, 0.4) is 0 Å². The number of nitriles is 1. The number of aromatic amines is 1. The highest BCUT2D eigenvalue weighted by Crippen LogP contribution is 2.23. The molecule has 0 aliphatic heterocycles. The fraction of sp³-hybridized carbons (Fsp3) is 0.0667. The van der Waals surface area contributed by atoms with E-state index in [1.807, 2.05) is 30.3 Å². The Morgan fingerprint density at radius 2 is 2.00 bits per heavy atom. The number of hydrogen-bond donors (Lipinski definition) is 1. The number of hydrogen-bond acceptors (Lipinski definition) is 2. The van der Waals surface area contributed by atoms with E-state index in [0.717, 1.165) is 22.4 Å². The van der Waals surface area contributed by atoms with E-state index < -0.39 is 0 Å². The normalized spacial score (nSPS) is 10.4. The summed E-state index contributed by atoms with van der Waals surface area (Å²) in [4.78, 5) is 7.82. The average molecular weight is 233 g/mol. The Balaban J connectivity index is 2.20. The van der Waals surface area contributed by atoms with Gasteiger partial charge in [-0.25, -0.2) is 4.98 Å². The Morgan fingerprint density at radius 3 is 2.78 bits per heavy atom. The molecule has 0 unspecified atom stereocenters. The van der Waals surface area contributed by atoms with Crippen molar-refractivity contribution in [3.8, 4) is 17.5 Å². The molecule has 0 saturated heterocycles. The van der Waals surface area contributed by atoms with Crippen LogP contribution < -0.4 is 0 Å². The maximum absolute atomic E-state index is 8.88. The number of fused-ring (bicyclic) bond motifs is 1. The van der Waals surface area contributed by atoms with Crippen molar-refractivity contribution in [3.63, 3.8) is 0 Å². The zero-order valence-electron chi connectivity index (χ0n) is 9.94. The molecule has 3 nitrogen and oxygen atoms in total. The number of nitrogens with one attached hydrogen (secondary N) is 1. The molecule has 3 aromatic rings. The standard InChI is InChI=1S/C15H11N3/c1-10-4-2-3-5-12(10)15-17-13-7-6-11(9-16)8-14(13)18-15/h2-8H,1H3,(H,17,18). The van der Waals surface area contributed by atoms with Crippen LogP contribution in [0.25, 0.3) is 22.4 Å². The smallest absolute Gasteiger partial charge is 0.138 e. The van der Waals surface area contributed by atoms with Crippen molar-refractivity contribution in [3.05, 3.63) is 53.6 Å². The molecule has 1 aromatic heterocycles. The Hall–Kier alpha value is -2.60. The van der Waals surface area contributed by atoms with Crippen molar-refractivity contribution in [1.29, 1.82) is 5.26 Å². The van der Waals surface area contributed by atoms with E-state index >= 15 is 0 Å². The highest BCUT2D eigenvalue weighted by Gasteiger charge is 2.07. The first-order chi connectivity index (χ1) is 8.78. The van der Waals surface area contributed by atoms with Crippen LogP contribution in [0.15, 0.2) is 42.5 Å². The average Bonchev–Trinajstić information content (AvgIpc) is 2.81. The van der Waals surface area contributed by atoms with Gasteiger partial charge in [-0.2, -0.15) is 5.26 Å². The van der Waals surface area contributed by atoms with Crippen molar-refractivity contribution in [2.45, 2.75) is 6.92 Å². The number of nitrogens with zero attached hydrogens (tertiary/aromatic N) is 2. The molecule has 0 aliphatic carbocycles. The van der Waals surface area contributed by atoms with E-state index in [2.05, 4.69) is 29.0 Å². The SMILES string of the molecule is Cc1ccccc1-c1nc2ccc(C#N)cc2[nH]1. The van der Waals surface area contributed by atoms with Crippen molar-refractivity contribution in [2.24, 2.45) is 0 Å². The van der Waals surface area contributed by atoms with E-state index in [1.54, 1.807) is 6.07 Å². The number of imidazole rings is 1. The second kappa shape index (κ2) is 4.01. The molecule has 0 atom stereocenters. The van der Waals surface area contributed by atoms with Gasteiger partial charge in [-0.1, -0.05) is 24.3 Å². The summed E-state index contributed by atoms with van der Waals surface area (Å²) in [6.45, 7) is 2.06. The largest absolute Gasteiger partial charge is 0.338 e. The lowest BCUT2D eigenvalue weighted by atomic mass is 10.1. The lowest BCUT2D eigenvalue weighted by Gasteiger charge is -2.00. The quantitative estimate of drug-likeness (QED) is 0.700. The minimum Gasteiger partial charge on any atom is -0.338 e. The Kier molecular flexibility index (Phi) is 2.35. The number of H-pyrrole nitrogens is 1. The molecule has 1 heterocycles. The summed E-state index contributed by atoms with van der Waals surface area (Å²) in [5.41, 5.74) is 4.69. The minimum absolute atomic E-state index is 0.641. The third-order valence-electron chi connectivity index (χ3n) is 3.01. The monoisotopic (exact) mass is 233 g/mol. The Labute approximate surface area is 105 Å². The van der Waals surface area contributed by atoms with Gasteiger partial charge in [-0.3, -0.25) is 0 Å². The van der Waals surface area contributed by atoms with Crippen LogP contribution in [0.4, 0.5) is 0 Å². The van der Waals surface area contributed by atoms with Gasteiger partial charge >= 0.3 is 0 Å². The molecule has 1 N–H and O–H groups in total. The predicted molar refractivity (Wildman–Crippen MR) is 71.0 cm³/mol. The van der Waals surface area contributed by atoms with Crippen LogP contribution in [0.2, 0.25) is 0 Å². The summed E-state index contributed by atoms with van der Waals surface area (Å²) >= 11 is 0. The molecule has 0 spiro atoms. The molecule has 18 heavy (non-hydrogen) atoms. The van der Waals surface area contributed by atoms with Crippen molar-refractivity contribution >= 4 is 11.0 Å². The predicted octanol–water partition coefficient (Wildman–Crippen LogP) is 3.41. The van der Waals surface area contributed by atoms with Crippen LogP contribution >= 0.6 is 0 Å². The third-order valence-corrected chi connectivity index (χ3v) is 3.01. The molecule has 0 fully saturated rings. The van der Waals surface area contributed by atoms with E-state index in [9.17, 15) is 0 Å². The van der Waals surface area contributed by atoms with Gasteiger partial charge in [0.15, 0.2) is 0 Å². The number of aryl methyl sites for hydroxylation is 1. The molecule has 0 amide bonds. The molecule has 86 valence electrons. The maximum Gasteiger partial charge on any atom is 0.138 e. The van der Waals surface area contributed by atoms with Crippen LogP contribution in [0, 0.1) is 18.3 Å². The van der Waals surface area contributed by atoms with Gasteiger partial charge in [-0.15, -0.1) is 0 Å². The third kappa shape index (κ3) is 1.64. The van der Waals surface area contributed by atoms with Gasteiger partial charge in [0.25, 0.3) is 0 Å². The fourth-order valence-corrected chi connectivity index (χ4v) is 2.05. The first-order valence-electron chi connectivity index (χ1n) is 5.74. The second-order valence-corrected chi connectivity index (χ2v) is 4.24. The second-order valence-electron chi connectivity index (χ2n) is 4.24. The van der Waals surface area contributed by atoms with Gasteiger partial charge in [0.05, 0.1) is 22.7 Å². The van der Waals surface area contributed by atoms with Crippen LogP contribution in [0.1, 0.15) is 11.1 Å². The molecule has 2 aromatic carbocycles. The molecule has 0 aliphatic rings. The van der Waals surface area contributed by atoms with Gasteiger partial charge in [0.2, 0.25) is 0 Å². The van der Waals surface area contributed by atoms with Gasteiger partial charge < -0.3 is 4.98 Å². The number of aromatic nitrogens is 2. The molecule has 0 radical (unpaired) electrons. The molecular formula is C15H11N3. The highest BCUT2D eigenvalue weighted by molar-refractivity contribution is 5.81. The lowest BCUT2D eigenvalue weighted by Crippen LogP contribution is -1.83. The molecule has 0 saturated carbocycles. The van der Waals surface area contributed by atoms with Crippen LogP contribution in [-0.4, -0.2) is 9.97 Å². The first kappa shape index (κ1) is 10.5. The van der Waals surface area contributed by atoms with E-state index in [-0.39, 0.29) is 0 Å². The lowest BCUT2D eigenvalue weighted by molar-refractivity contribution is 1.31. The summed E-state index contributed by atoms with van der Waals surface area (Å²) < 4.78 is 0. The zero-order valence-corrected chi connectivity index (χ0v) is 9.94. The van der Waals surface area contributed by atoms with E-state index in [0.29, 0.717) is 5.56 Å². The van der Waals surface area contributed by atoms with E-state index in [1.165, 1.54) is 5.56 Å². The van der Waals surface area contributed by atoms with E-state index in [4.69, 9.17) is 5.26 Å². The summed E-state index contributed by atoms with van der Waals surface area (Å²) in [7, 11) is 0.